The van der Waals surface area contributed by atoms with Crippen molar-refractivity contribution in [3.63, 3.8) is 0 Å². The van der Waals surface area contributed by atoms with Gasteiger partial charge in [0, 0.05) is 12.0 Å². The molecule has 0 spiro atoms. The molecule has 0 saturated carbocycles. The molecule has 2 aromatic rings. The van der Waals surface area contributed by atoms with E-state index in [0.717, 1.165) is 5.56 Å². The van der Waals surface area contributed by atoms with Crippen LogP contribution in [0.2, 0.25) is 0 Å². The molecule has 0 unspecified atom stereocenters. The lowest BCUT2D eigenvalue weighted by Crippen LogP contribution is -2.42. The van der Waals surface area contributed by atoms with Gasteiger partial charge >= 0.3 is 12.1 Å². The Kier molecular flexibility index (Phi) is 6.28. The minimum absolute atomic E-state index is 0.0618. The number of hydrogen-bond donors (Lipinski definition) is 2. The molecule has 2 rings (SSSR count). The van der Waals surface area contributed by atoms with Gasteiger partial charge in [0.1, 0.15) is 12.6 Å². The van der Waals surface area contributed by atoms with Crippen LogP contribution in [0.4, 0.5) is 4.79 Å². The van der Waals surface area contributed by atoms with E-state index in [1.165, 1.54) is 6.92 Å². The summed E-state index contributed by atoms with van der Waals surface area (Å²) in [5.74, 6) is -1.23. The normalized spacial score (nSPS) is 11.4. The van der Waals surface area contributed by atoms with E-state index >= 15 is 0 Å². The van der Waals surface area contributed by atoms with Gasteiger partial charge in [0.2, 0.25) is 0 Å². The number of nitrogens with one attached hydrogen (secondary N) is 1. The molecule has 6 heteroatoms. The Balaban J connectivity index is 1.92. The van der Waals surface area contributed by atoms with Gasteiger partial charge < -0.3 is 15.2 Å². The number of aliphatic carboxylic acids is 1. The summed E-state index contributed by atoms with van der Waals surface area (Å²) in [7, 11) is 0. The van der Waals surface area contributed by atoms with Crippen LogP contribution in [0.15, 0.2) is 54.6 Å². The Labute approximate surface area is 145 Å². The smallest absolute Gasteiger partial charge is 0.408 e. The zero-order valence-corrected chi connectivity index (χ0v) is 13.8. The van der Waals surface area contributed by atoms with Crippen molar-refractivity contribution in [3.8, 4) is 0 Å². The van der Waals surface area contributed by atoms with E-state index < -0.39 is 18.1 Å². The van der Waals surface area contributed by atoms with Crippen molar-refractivity contribution < 1.29 is 24.2 Å². The van der Waals surface area contributed by atoms with Crippen molar-refractivity contribution in [2.75, 3.05) is 0 Å². The maximum absolute atomic E-state index is 11.8. The Bertz CT molecular complexity index is 740. The largest absolute Gasteiger partial charge is 0.480 e. The van der Waals surface area contributed by atoms with Crippen LogP contribution in [-0.2, 0) is 22.6 Å². The minimum Gasteiger partial charge on any atom is -0.480 e. The van der Waals surface area contributed by atoms with Gasteiger partial charge in [-0.15, -0.1) is 0 Å². The maximum Gasteiger partial charge on any atom is 0.408 e. The summed E-state index contributed by atoms with van der Waals surface area (Å²) in [6.07, 6.45) is -0.704. The Hall–Kier alpha value is -3.15. The summed E-state index contributed by atoms with van der Waals surface area (Å²) >= 11 is 0. The first-order chi connectivity index (χ1) is 12.0. The maximum atomic E-state index is 11.8. The number of hydrogen-bond acceptors (Lipinski definition) is 4. The molecular formula is C19H19NO5. The van der Waals surface area contributed by atoms with Crippen molar-refractivity contribution in [1.82, 2.24) is 5.32 Å². The number of Topliss-reactive ketones (excluding diaryl/α,β-unsaturated/α-hetero) is 1. The van der Waals surface area contributed by atoms with Crippen molar-refractivity contribution in [1.29, 1.82) is 0 Å². The van der Waals surface area contributed by atoms with Crippen molar-refractivity contribution in [3.05, 3.63) is 71.3 Å². The summed E-state index contributed by atoms with van der Waals surface area (Å²) in [6.45, 7) is 1.52. The molecule has 0 fully saturated rings. The van der Waals surface area contributed by atoms with E-state index in [1.54, 1.807) is 36.4 Å². The molecule has 0 aliphatic carbocycles. The predicted molar refractivity (Wildman–Crippen MR) is 91.3 cm³/mol. The minimum atomic E-state index is -1.16. The van der Waals surface area contributed by atoms with Crippen LogP contribution < -0.4 is 5.32 Å². The third-order valence-electron chi connectivity index (χ3n) is 3.60. The summed E-state index contributed by atoms with van der Waals surface area (Å²) in [6, 6.07) is 14.6. The van der Waals surface area contributed by atoms with E-state index in [-0.39, 0.29) is 18.8 Å². The number of carboxylic acid groups (broad SMARTS) is 1. The van der Waals surface area contributed by atoms with Crippen molar-refractivity contribution >= 4 is 17.8 Å². The van der Waals surface area contributed by atoms with E-state index in [2.05, 4.69) is 5.32 Å². The molecule has 0 aliphatic heterocycles. The molecule has 0 aromatic heterocycles. The van der Waals surface area contributed by atoms with Crippen LogP contribution >= 0.6 is 0 Å². The second-order valence-corrected chi connectivity index (χ2v) is 5.55. The molecular weight excluding hydrogens is 322 g/mol. The second kappa shape index (κ2) is 8.63. The first-order valence-corrected chi connectivity index (χ1v) is 7.75. The highest BCUT2D eigenvalue weighted by molar-refractivity contribution is 5.94. The van der Waals surface area contributed by atoms with E-state index in [4.69, 9.17) is 4.74 Å². The molecule has 1 amide bonds. The number of amides is 1. The van der Waals surface area contributed by atoms with Crippen LogP contribution in [0.1, 0.15) is 28.4 Å². The summed E-state index contributed by atoms with van der Waals surface area (Å²) in [5, 5.41) is 11.6. The highest BCUT2D eigenvalue weighted by atomic mass is 16.5. The Morgan fingerprint density at radius 3 is 2.20 bits per heavy atom. The first-order valence-electron chi connectivity index (χ1n) is 7.75. The fourth-order valence-electron chi connectivity index (χ4n) is 2.22. The number of ether oxygens (including phenoxy) is 1. The fraction of sp³-hybridized carbons (Fsp3) is 0.211. The molecule has 0 bridgehead atoms. The van der Waals surface area contributed by atoms with Crippen LogP contribution in [-0.4, -0.2) is 29.0 Å². The Morgan fingerprint density at radius 1 is 1.00 bits per heavy atom. The van der Waals surface area contributed by atoms with Gasteiger partial charge in [-0.3, -0.25) is 4.79 Å². The summed E-state index contributed by atoms with van der Waals surface area (Å²) in [5.41, 5.74) is 2.05. The molecule has 2 aromatic carbocycles. The van der Waals surface area contributed by atoms with Crippen LogP contribution in [0.3, 0.4) is 0 Å². The van der Waals surface area contributed by atoms with Crippen LogP contribution in [0.5, 0.6) is 0 Å². The molecule has 0 aliphatic rings. The molecule has 0 saturated heterocycles. The highest BCUT2D eigenvalue weighted by Crippen LogP contribution is 2.08. The lowest BCUT2D eigenvalue weighted by molar-refractivity contribution is -0.139. The highest BCUT2D eigenvalue weighted by Gasteiger charge is 2.21. The van der Waals surface area contributed by atoms with Crippen molar-refractivity contribution in [2.45, 2.75) is 26.0 Å². The zero-order valence-electron chi connectivity index (χ0n) is 13.8. The number of benzene rings is 2. The molecule has 2 N–H and O–H groups in total. The molecule has 130 valence electrons. The van der Waals surface area contributed by atoms with Gasteiger partial charge in [-0.2, -0.15) is 0 Å². The van der Waals surface area contributed by atoms with Gasteiger partial charge in [0.25, 0.3) is 0 Å². The summed E-state index contributed by atoms with van der Waals surface area (Å²) < 4.78 is 5.04. The monoisotopic (exact) mass is 341 g/mol. The van der Waals surface area contributed by atoms with Gasteiger partial charge in [-0.1, -0.05) is 54.6 Å². The fourth-order valence-corrected chi connectivity index (χ4v) is 2.22. The van der Waals surface area contributed by atoms with Crippen molar-refractivity contribution in [2.24, 2.45) is 0 Å². The standard InChI is InChI=1S/C19H19NO5/c1-13(21)16-9-7-14(8-10-16)11-17(18(22)23)20-19(24)25-12-15-5-3-2-4-6-15/h2-10,17H,11-12H2,1H3,(H,20,24)(H,22,23)/t17-/m0/s1. The third kappa shape index (κ3) is 5.76. The number of carbonyl (C=O) groups excluding carboxylic acids is 2. The Morgan fingerprint density at radius 2 is 1.64 bits per heavy atom. The van der Waals surface area contributed by atoms with Gasteiger partial charge in [0.05, 0.1) is 0 Å². The second-order valence-electron chi connectivity index (χ2n) is 5.55. The van der Waals surface area contributed by atoms with Crippen LogP contribution in [0, 0.1) is 0 Å². The number of carboxylic acids is 1. The quantitative estimate of drug-likeness (QED) is 0.756. The molecule has 0 heterocycles. The van der Waals surface area contributed by atoms with E-state index in [9.17, 15) is 19.5 Å². The molecule has 1 atom stereocenters. The molecule has 0 radical (unpaired) electrons. The first kappa shape index (κ1) is 18.2. The topological polar surface area (TPSA) is 92.7 Å². The van der Waals surface area contributed by atoms with E-state index in [0.29, 0.717) is 11.1 Å². The van der Waals surface area contributed by atoms with Gasteiger partial charge in [-0.25, -0.2) is 9.59 Å². The number of alkyl carbamates (subject to hydrolysis) is 1. The van der Waals surface area contributed by atoms with E-state index in [1.807, 2.05) is 18.2 Å². The number of rotatable bonds is 7. The lowest BCUT2D eigenvalue weighted by Gasteiger charge is -2.15. The SMILES string of the molecule is CC(=O)c1ccc(C[C@H](NC(=O)OCc2ccccc2)C(=O)O)cc1. The van der Waals surface area contributed by atoms with Gasteiger partial charge in [0.15, 0.2) is 5.78 Å². The summed E-state index contributed by atoms with van der Waals surface area (Å²) in [4.78, 5) is 34.4. The lowest BCUT2D eigenvalue weighted by atomic mass is 10.0. The average molecular weight is 341 g/mol. The van der Waals surface area contributed by atoms with Gasteiger partial charge in [-0.05, 0) is 18.1 Å². The zero-order chi connectivity index (χ0) is 18.2. The average Bonchev–Trinajstić information content (AvgIpc) is 2.60. The number of ketones is 1. The predicted octanol–water partition coefficient (Wildman–Crippen LogP) is 2.81. The third-order valence-corrected chi connectivity index (χ3v) is 3.60. The number of carbonyl (C=O) groups is 3. The molecule has 25 heavy (non-hydrogen) atoms. The molecule has 6 nitrogen and oxygen atoms in total. The van der Waals surface area contributed by atoms with Crippen LogP contribution in [0.25, 0.3) is 0 Å².